The van der Waals surface area contributed by atoms with E-state index in [1.807, 2.05) is 18.0 Å². The summed E-state index contributed by atoms with van der Waals surface area (Å²) in [6.07, 6.45) is 6.54. The first-order valence-electron chi connectivity index (χ1n) is 11.9. The van der Waals surface area contributed by atoms with Crippen LogP contribution in [-0.2, 0) is 16.8 Å². The molecule has 0 radical (unpaired) electrons. The third kappa shape index (κ3) is 2.99. The Hall–Kier alpha value is -3.59. The quantitative estimate of drug-likeness (QED) is 0.486. The molecule has 3 aromatic rings. The van der Waals surface area contributed by atoms with Gasteiger partial charge in [0.2, 0.25) is 5.91 Å². The number of rotatable bonds is 3. The Labute approximate surface area is 195 Å². The molecule has 0 aromatic heterocycles. The van der Waals surface area contributed by atoms with Gasteiger partial charge < -0.3 is 9.80 Å². The highest BCUT2D eigenvalue weighted by molar-refractivity contribution is 6.13. The Morgan fingerprint density at radius 2 is 1.48 bits per heavy atom. The molecule has 3 aliphatic rings. The lowest BCUT2D eigenvalue weighted by Crippen LogP contribution is -2.45. The van der Waals surface area contributed by atoms with E-state index in [1.54, 1.807) is 0 Å². The highest BCUT2D eigenvalue weighted by Crippen LogP contribution is 2.55. The van der Waals surface area contributed by atoms with Crippen LogP contribution in [0.4, 0.5) is 5.69 Å². The second kappa shape index (κ2) is 7.77. The van der Waals surface area contributed by atoms with Crippen molar-refractivity contribution in [2.75, 3.05) is 11.9 Å². The fraction of sp³-hybridized carbons (Fsp3) is 0.233. The van der Waals surface area contributed by atoms with Crippen LogP contribution in [-0.4, -0.2) is 17.9 Å². The summed E-state index contributed by atoms with van der Waals surface area (Å²) in [6.45, 7) is 0.808. The molecular formula is C30H28N2O. The lowest BCUT2D eigenvalue weighted by atomic mass is 9.67. The lowest BCUT2D eigenvalue weighted by Gasteiger charge is -2.44. The summed E-state index contributed by atoms with van der Waals surface area (Å²) in [5.74, 6) is 0.172. The Bertz CT molecular complexity index is 1270. The van der Waals surface area contributed by atoms with Crippen LogP contribution in [0.5, 0.6) is 0 Å². The van der Waals surface area contributed by atoms with Crippen LogP contribution in [0.25, 0.3) is 5.70 Å². The van der Waals surface area contributed by atoms with Gasteiger partial charge in [-0.25, -0.2) is 0 Å². The Morgan fingerprint density at radius 1 is 0.818 bits per heavy atom. The van der Waals surface area contributed by atoms with Gasteiger partial charge in [0.25, 0.3) is 0 Å². The molecule has 0 N–H and O–H groups in total. The number of hydrogen-bond acceptors (Lipinski definition) is 2. The molecule has 2 aliphatic heterocycles. The maximum atomic E-state index is 14.1. The topological polar surface area (TPSA) is 23.6 Å². The van der Waals surface area contributed by atoms with Crippen molar-refractivity contribution in [3.05, 3.63) is 119 Å². The smallest absolute Gasteiger partial charge is 0.245 e. The molecule has 2 heterocycles. The lowest BCUT2D eigenvalue weighted by molar-refractivity contribution is -0.120. The molecule has 1 atom stereocenters. The van der Waals surface area contributed by atoms with E-state index in [2.05, 4.69) is 89.8 Å². The van der Waals surface area contributed by atoms with Gasteiger partial charge in [0.15, 0.2) is 0 Å². The van der Waals surface area contributed by atoms with Gasteiger partial charge in [0, 0.05) is 30.7 Å². The van der Waals surface area contributed by atoms with Crippen LogP contribution < -0.4 is 4.90 Å². The molecule has 0 bridgehead atoms. The molecule has 1 unspecified atom stereocenters. The second-order valence-corrected chi connectivity index (χ2v) is 9.29. The molecule has 164 valence electrons. The number of carbonyl (C=O) groups excluding carboxylic acids is 1. The van der Waals surface area contributed by atoms with Gasteiger partial charge in [-0.15, -0.1) is 0 Å². The second-order valence-electron chi connectivity index (χ2n) is 9.29. The molecule has 33 heavy (non-hydrogen) atoms. The monoisotopic (exact) mass is 432 g/mol. The Balaban J connectivity index is 1.62. The summed E-state index contributed by atoms with van der Waals surface area (Å²) < 4.78 is 0. The first kappa shape index (κ1) is 20.0. The first-order chi connectivity index (χ1) is 16.2. The Morgan fingerprint density at radius 3 is 2.27 bits per heavy atom. The standard InChI is InChI=1S/C30H28N2O/c1-31-26-18-10-8-16-24(26)30(29(31)33)20-28(23-14-6-3-7-15-23)32(21-22-12-4-2-5-13-22)27-19-11-9-17-25(27)30/h2-8,10,12-16,18,20H,9,11,17,19,21H2,1H3. The molecule has 1 spiro atoms. The number of hydrogen-bond donors (Lipinski definition) is 0. The number of benzene rings is 3. The zero-order chi connectivity index (χ0) is 22.4. The molecule has 3 nitrogen and oxygen atoms in total. The number of anilines is 1. The highest BCUT2D eigenvalue weighted by atomic mass is 16.2. The van der Waals surface area contributed by atoms with Crippen LogP contribution in [0.2, 0.25) is 0 Å². The average Bonchev–Trinajstić information content (AvgIpc) is 3.09. The molecule has 0 fully saturated rings. The van der Waals surface area contributed by atoms with Crippen molar-refractivity contribution < 1.29 is 4.79 Å². The molecule has 1 amide bonds. The maximum Gasteiger partial charge on any atom is 0.245 e. The summed E-state index contributed by atoms with van der Waals surface area (Å²) in [5.41, 5.74) is 7.65. The normalized spacial score (nSPS) is 21.8. The minimum absolute atomic E-state index is 0.172. The number of likely N-dealkylation sites (N-methyl/N-ethyl adjacent to an activating group) is 1. The van der Waals surface area contributed by atoms with Gasteiger partial charge in [-0.05, 0) is 60.1 Å². The summed E-state index contributed by atoms with van der Waals surface area (Å²) in [7, 11) is 1.92. The van der Waals surface area contributed by atoms with Gasteiger partial charge in [-0.2, -0.15) is 0 Å². The molecular weight excluding hydrogens is 404 g/mol. The first-order valence-corrected chi connectivity index (χ1v) is 11.9. The zero-order valence-corrected chi connectivity index (χ0v) is 19.0. The largest absolute Gasteiger partial charge is 0.340 e. The number of nitrogens with zero attached hydrogens (tertiary/aromatic N) is 2. The van der Waals surface area contributed by atoms with E-state index in [9.17, 15) is 4.79 Å². The number of allylic oxidation sites excluding steroid dienone is 1. The van der Waals surface area contributed by atoms with Crippen molar-refractivity contribution in [1.82, 2.24) is 4.90 Å². The van der Waals surface area contributed by atoms with Crippen LogP contribution in [0.1, 0.15) is 42.4 Å². The van der Waals surface area contributed by atoms with E-state index < -0.39 is 5.41 Å². The third-order valence-electron chi connectivity index (χ3n) is 7.47. The van der Waals surface area contributed by atoms with Crippen molar-refractivity contribution in [2.45, 2.75) is 37.6 Å². The summed E-state index contributed by atoms with van der Waals surface area (Å²) in [5, 5.41) is 0. The number of carbonyl (C=O) groups is 1. The fourth-order valence-electron chi connectivity index (χ4n) is 5.94. The van der Waals surface area contributed by atoms with Gasteiger partial charge in [-0.1, -0.05) is 78.9 Å². The van der Waals surface area contributed by atoms with E-state index in [4.69, 9.17) is 0 Å². The van der Waals surface area contributed by atoms with Crippen LogP contribution in [0.15, 0.2) is 102 Å². The van der Waals surface area contributed by atoms with Crippen LogP contribution in [0, 0.1) is 0 Å². The summed E-state index contributed by atoms with van der Waals surface area (Å²) in [6, 6.07) is 29.6. The van der Waals surface area contributed by atoms with Gasteiger partial charge in [-0.3, -0.25) is 4.79 Å². The fourth-order valence-corrected chi connectivity index (χ4v) is 5.94. The van der Waals surface area contributed by atoms with Crippen molar-refractivity contribution in [3.63, 3.8) is 0 Å². The van der Waals surface area contributed by atoms with Crippen molar-refractivity contribution >= 4 is 17.3 Å². The molecule has 6 rings (SSSR count). The van der Waals surface area contributed by atoms with E-state index in [-0.39, 0.29) is 5.91 Å². The average molecular weight is 433 g/mol. The number of amides is 1. The van der Waals surface area contributed by atoms with Crippen LogP contribution >= 0.6 is 0 Å². The third-order valence-corrected chi connectivity index (χ3v) is 7.47. The summed E-state index contributed by atoms with van der Waals surface area (Å²) >= 11 is 0. The van der Waals surface area contributed by atoms with Gasteiger partial charge in [0.05, 0.1) is 0 Å². The maximum absolute atomic E-state index is 14.1. The van der Waals surface area contributed by atoms with Crippen molar-refractivity contribution in [1.29, 1.82) is 0 Å². The minimum atomic E-state index is -0.709. The predicted molar refractivity (Wildman–Crippen MR) is 133 cm³/mol. The van der Waals surface area contributed by atoms with Crippen molar-refractivity contribution in [2.24, 2.45) is 0 Å². The van der Waals surface area contributed by atoms with E-state index >= 15 is 0 Å². The number of para-hydroxylation sites is 1. The molecule has 0 saturated carbocycles. The predicted octanol–water partition coefficient (Wildman–Crippen LogP) is 6.29. The molecule has 3 heteroatoms. The SMILES string of the molecule is CN1C(=O)C2(C=C(c3ccccc3)N(Cc3ccccc3)C3=C2CCCC3)c2ccccc21. The molecule has 3 aromatic carbocycles. The molecule has 0 saturated heterocycles. The highest BCUT2D eigenvalue weighted by Gasteiger charge is 2.54. The van der Waals surface area contributed by atoms with E-state index in [0.29, 0.717) is 0 Å². The van der Waals surface area contributed by atoms with Gasteiger partial charge in [0.1, 0.15) is 5.41 Å². The van der Waals surface area contributed by atoms with E-state index in [0.717, 1.165) is 54.7 Å². The zero-order valence-electron chi connectivity index (χ0n) is 19.0. The van der Waals surface area contributed by atoms with Crippen molar-refractivity contribution in [3.8, 4) is 0 Å². The molecule has 1 aliphatic carbocycles. The Kier molecular flexibility index (Phi) is 4.72. The van der Waals surface area contributed by atoms with Gasteiger partial charge >= 0.3 is 0 Å². The minimum Gasteiger partial charge on any atom is -0.340 e. The van der Waals surface area contributed by atoms with E-state index in [1.165, 1.54) is 16.8 Å². The van der Waals surface area contributed by atoms with Crippen LogP contribution in [0.3, 0.4) is 0 Å². The summed E-state index contributed by atoms with van der Waals surface area (Å²) in [4.78, 5) is 18.4. The number of fused-ring (bicyclic) bond motifs is 3.